The van der Waals surface area contributed by atoms with Crippen LogP contribution in [0.3, 0.4) is 0 Å². The molecule has 1 saturated carbocycles. The van der Waals surface area contributed by atoms with Crippen molar-refractivity contribution in [2.45, 2.75) is 43.6 Å². The predicted octanol–water partition coefficient (Wildman–Crippen LogP) is 4.10. The quantitative estimate of drug-likeness (QED) is 0.635. The van der Waals surface area contributed by atoms with Gasteiger partial charge in [0.15, 0.2) is 0 Å². The van der Waals surface area contributed by atoms with Crippen LogP contribution in [-0.2, 0) is 0 Å². The van der Waals surface area contributed by atoms with Crippen LogP contribution in [0, 0.1) is 17.2 Å². The Bertz CT molecular complexity index is 490. The van der Waals surface area contributed by atoms with E-state index in [1.165, 1.54) is 25.7 Å². The van der Waals surface area contributed by atoms with Gasteiger partial charge in [-0.15, -0.1) is 11.6 Å². The lowest BCUT2D eigenvalue weighted by atomic mass is 9.95. The number of rotatable bonds is 5. The first-order chi connectivity index (χ1) is 9.60. The molecule has 1 aromatic carbocycles. The van der Waals surface area contributed by atoms with Crippen molar-refractivity contribution in [2.75, 3.05) is 5.32 Å². The maximum absolute atomic E-state index is 8.89. The van der Waals surface area contributed by atoms with E-state index in [1.807, 2.05) is 6.07 Å². The minimum Gasteiger partial charge on any atom is -0.382 e. The standard InChI is InChI=1S/C15H19Cl2N3/c16-13-7-12(6-5-11(13)9-18)20-14(8-15(17)19)10-3-1-2-4-10/h5-7,10,14-15,20H,1-4,8,19H2. The lowest BCUT2D eigenvalue weighted by Crippen LogP contribution is -2.33. The number of halogens is 2. The molecule has 1 aliphatic rings. The van der Waals surface area contributed by atoms with Gasteiger partial charge in [-0.25, -0.2) is 0 Å². The summed E-state index contributed by atoms with van der Waals surface area (Å²) >= 11 is 12.0. The Morgan fingerprint density at radius 3 is 2.65 bits per heavy atom. The maximum atomic E-state index is 8.89. The van der Waals surface area contributed by atoms with E-state index in [4.69, 9.17) is 34.2 Å². The van der Waals surface area contributed by atoms with Crippen molar-refractivity contribution in [3.63, 3.8) is 0 Å². The fourth-order valence-corrected chi connectivity index (χ4v) is 3.30. The van der Waals surface area contributed by atoms with Crippen molar-refractivity contribution < 1.29 is 0 Å². The summed E-state index contributed by atoms with van der Waals surface area (Å²) in [5.74, 6) is 0.606. The zero-order valence-electron chi connectivity index (χ0n) is 11.3. The van der Waals surface area contributed by atoms with Gasteiger partial charge in [-0.1, -0.05) is 24.4 Å². The van der Waals surface area contributed by atoms with Crippen molar-refractivity contribution in [3.05, 3.63) is 28.8 Å². The van der Waals surface area contributed by atoms with Gasteiger partial charge in [0, 0.05) is 11.7 Å². The Morgan fingerprint density at radius 1 is 1.40 bits per heavy atom. The van der Waals surface area contributed by atoms with Crippen molar-refractivity contribution in [3.8, 4) is 6.07 Å². The number of hydrogen-bond donors (Lipinski definition) is 2. The first-order valence-electron chi connectivity index (χ1n) is 6.96. The third-order valence-electron chi connectivity index (χ3n) is 3.89. The average molecular weight is 312 g/mol. The van der Waals surface area contributed by atoms with E-state index in [-0.39, 0.29) is 11.5 Å². The molecule has 0 radical (unpaired) electrons. The first-order valence-corrected chi connectivity index (χ1v) is 7.77. The number of nitrogens with two attached hydrogens (primary N) is 1. The third kappa shape index (κ3) is 4.02. The highest BCUT2D eigenvalue weighted by atomic mass is 35.5. The van der Waals surface area contributed by atoms with Crippen LogP contribution in [-0.4, -0.2) is 11.5 Å². The molecule has 0 spiro atoms. The highest BCUT2D eigenvalue weighted by Crippen LogP contribution is 2.32. The summed E-state index contributed by atoms with van der Waals surface area (Å²) in [7, 11) is 0. The van der Waals surface area contributed by atoms with Crippen molar-refractivity contribution >= 4 is 28.9 Å². The van der Waals surface area contributed by atoms with Crippen LogP contribution in [0.1, 0.15) is 37.7 Å². The molecule has 20 heavy (non-hydrogen) atoms. The largest absolute Gasteiger partial charge is 0.382 e. The van der Waals surface area contributed by atoms with E-state index in [9.17, 15) is 0 Å². The van der Waals surface area contributed by atoms with Crippen LogP contribution in [0.15, 0.2) is 18.2 Å². The van der Waals surface area contributed by atoms with Crippen LogP contribution in [0.25, 0.3) is 0 Å². The van der Waals surface area contributed by atoms with Gasteiger partial charge in [0.2, 0.25) is 0 Å². The molecule has 0 aromatic heterocycles. The Morgan fingerprint density at radius 2 is 2.10 bits per heavy atom. The number of alkyl halides is 1. The van der Waals surface area contributed by atoms with E-state index in [0.717, 1.165) is 12.1 Å². The van der Waals surface area contributed by atoms with Crippen LogP contribution >= 0.6 is 23.2 Å². The molecule has 2 atom stereocenters. The lowest BCUT2D eigenvalue weighted by molar-refractivity contribution is 0.430. The Kier molecular flexibility index (Phi) is 5.54. The second-order valence-electron chi connectivity index (χ2n) is 5.35. The maximum Gasteiger partial charge on any atom is 0.101 e. The van der Waals surface area contributed by atoms with Gasteiger partial charge in [0.1, 0.15) is 6.07 Å². The summed E-state index contributed by atoms with van der Waals surface area (Å²) < 4.78 is 0. The molecule has 0 heterocycles. The summed E-state index contributed by atoms with van der Waals surface area (Å²) in [5, 5.41) is 12.9. The van der Waals surface area contributed by atoms with Crippen LogP contribution in [0.2, 0.25) is 5.02 Å². The van der Waals surface area contributed by atoms with Gasteiger partial charge in [0.05, 0.1) is 16.1 Å². The molecule has 0 saturated heterocycles. The minimum atomic E-state index is -0.345. The Labute approximate surface area is 130 Å². The molecule has 3 N–H and O–H groups in total. The normalized spacial score (nSPS) is 18.5. The van der Waals surface area contributed by atoms with Gasteiger partial charge in [-0.3, -0.25) is 0 Å². The fourth-order valence-electron chi connectivity index (χ4n) is 2.88. The van der Waals surface area contributed by atoms with E-state index < -0.39 is 0 Å². The SMILES string of the molecule is N#Cc1ccc(NC(CC(N)Cl)C2CCCC2)cc1Cl. The molecule has 1 aromatic rings. The molecule has 2 unspecified atom stereocenters. The van der Waals surface area contributed by atoms with Crippen LogP contribution in [0.4, 0.5) is 5.69 Å². The first kappa shape index (κ1) is 15.4. The van der Waals surface area contributed by atoms with Gasteiger partial charge in [0.25, 0.3) is 0 Å². The highest BCUT2D eigenvalue weighted by molar-refractivity contribution is 6.32. The van der Waals surface area contributed by atoms with Crippen LogP contribution < -0.4 is 11.1 Å². The van der Waals surface area contributed by atoms with E-state index in [2.05, 4.69) is 11.4 Å². The van der Waals surface area contributed by atoms with E-state index in [0.29, 0.717) is 16.5 Å². The van der Waals surface area contributed by atoms with Crippen molar-refractivity contribution in [1.82, 2.24) is 0 Å². The molecule has 0 amide bonds. The molecular weight excluding hydrogens is 293 g/mol. The summed E-state index contributed by atoms with van der Waals surface area (Å²) in [6.45, 7) is 0. The van der Waals surface area contributed by atoms with E-state index >= 15 is 0 Å². The monoisotopic (exact) mass is 311 g/mol. The number of hydrogen-bond acceptors (Lipinski definition) is 3. The Hall–Kier alpha value is -0.950. The summed E-state index contributed by atoms with van der Waals surface area (Å²) in [4.78, 5) is 0. The van der Waals surface area contributed by atoms with Crippen molar-refractivity contribution in [2.24, 2.45) is 11.7 Å². The summed E-state index contributed by atoms with van der Waals surface area (Å²) in [6, 6.07) is 7.73. The predicted molar refractivity (Wildman–Crippen MR) is 84.0 cm³/mol. The van der Waals surface area contributed by atoms with Crippen LogP contribution in [0.5, 0.6) is 0 Å². The number of benzene rings is 1. The molecule has 3 nitrogen and oxygen atoms in total. The zero-order chi connectivity index (χ0) is 14.5. The average Bonchev–Trinajstić information content (AvgIpc) is 2.91. The van der Waals surface area contributed by atoms with Gasteiger partial charge < -0.3 is 11.1 Å². The lowest BCUT2D eigenvalue weighted by Gasteiger charge is -2.27. The van der Waals surface area contributed by atoms with E-state index in [1.54, 1.807) is 12.1 Å². The highest BCUT2D eigenvalue weighted by Gasteiger charge is 2.26. The number of nitrogens with one attached hydrogen (secondary N) is 1. The molecule has 108 valence electrons. The summed E-state index contributed by atoms with van der Waals surface area (Å²) in [6.07, 6.45) is 5.70. The van der Waals surface area contributed by atoms with Gasteiger partial charge in [-0.2, -0.15) is 5.26 Å². The smallest absolute Gasteiger partial charge is 0.101 e. The third-order valence-corrected chi connectivity index (χ3v) is 4.38. The number of nitrogens with zero attached hydrogens (tertiary/aromatic N) is 1. The minimum absolute atomic E-state index is 0.258. The molecule has 2 rings (SSSR count). The van der Waals surface area contributed by atoms with Crippen molar-refractivity contribution in [1.29, 1.82) is 5.26 Å². The molecule has 0 bridgehead atoms. The second kappa shape index (κ2) is 7.17. The fraction of sp³-hybridized carbons (Fsp3) is 0.533. The molecule has 1 aliphatic carbocycles. The molecule has 5 heteroatoms. The summed E-state index contributed by atoms with van der Waals surface area (Å²) in [5.41, 5.74) is 6.81. The zero-order valence-corrected chi connectivity index (χ0v) is 12.8. The number of nitriles is 1. The number of anilines is 1. The topological polar surface area (TPSA) is 61.8 Å². The molecule has 1 fully saturated rings. The molecular formula is C15H19Cl2N3. The van der Waals surface area contributed by atoms with Gasteiger partial charge in [-0.05, 0) is 43.4 Å². The Balaban J connectivity index is 2.10. The second-order valence-corrected chi connectivity index (χ2v) is 6.32. The van der Waals surface area contributed by atoms with Gasteiger partial charge >= 0.3 is 0 Å². The molecule has 0 aliphatic heterocycles.